The monoisotopic (exact) mass is 455 g/mol. The first kappa shape index (κ1) is 22.7. The molecule has 0 unspecified atom stereocenters. The van der Waals surface area contributed by atoms with Crippen LogP contribution in [0.3, 0.4) is 0 Å². The van der Waals surface area contributed by atoms with Crippen LogP contribution in [0.1, 0.15) is 39.5 Å². The summed E-state index contributed by atoms with van der Waals surface area (Å²) in [6.07, 6.45) is 7.89. The second kappa shape index (κ2) is 10.9. The van der Waals surface area contributed by atoms with E-state index in [0.717, 1.165) is 78.6 Å². The van der Waals surface area contributed by atoms with E-state index >= 15 is 0 Å². The van der Waals surface area contributed by atoms with E-state index < -0.39 is 0 Å². The Balaban J connectivity index is 0.00000119. The normalized spacial score (nSPS) is 21.0. The molecule has 1 aliphatic heterocycles. The number of aromatic nitrogens is 3. The molecule has 9 heteroatoms. The fourth-order valence-corrected chi connectivity index (χ4v) is 4.87. The van der Waals surface area contributed by atoms with Crippen molar-refractivity contribution >= 4 is 38.3 Å². The summed E-state index contributed by atoms with van der Waals surface area (Å²) >= 11 is 1.63. The first-order valence-corrected chi connectivity index (χ1v) is 12.4. The van der Waals surface area contributed by atoms with Crippen molar-refractivity contribution < 1.29 is 4.74 Å². The maximum Gasteiger partial charge on any atom is 0.228 e. The van der Waals surface area contributed by atoms with Gasteiger partial charge in [-0.2, -0.15) is 0 Å². The lowest BCUT2D eigenvalue weighted by molar-refractivity contribution is 0.149. The van der Waals surface area contributed by atoms with Gasteiger partial charge >= 0.3 is 0 Å². The van der Waals surface area contributed by atoms with Crippen LogP contribution in [0.4, 0.5) is 16.1 Å². The number of hydrogen-bond acceptors (Lipinski definition) is 9. The second-order valence-electron chi connectivity index (χ2n) is 7.91. The molecule has 2 aliphatic rings. The van der Waals surface area contributed by atoms with Gasteiger partial charge in [0.05, 0.1) is 12.3 Å². The van der Waals surface area contributed by atoms with Crippen molar-refractivity contribution in [2.24, 2.45) is 5.73 Å². The number of benzene rings is 1. The number of piperazine rings is 1. The van der Waals surface area contributed by atoms with Crippen LogP contribution in [0, 0.1) is 0 Å². The van der Waals surface area contributed by atoms with Crippen molar-refractivity contribution in [2.45, 2.75) is 51.7 Å². The summed E-state index contributed by atoms with van der Waals surface area (Å²) in [6.45, 7) is 7.94. The fourth-order valence-electron chi connectivity index (χ4n) is 4.01. The second-order valence-corrected chi connectivity index (χ2v) is 8.92. The Labute approximate surface area is 193 Å². The predicted molar refractivity (Wildman–Crippen MR) is 132 cm³/mol. The van der Waals surface area contributed by atoms with Crippen LogP contribution in [-0.2, 0) is 0 Å². The van der Waals surface area contributed by atoms with Gasteiger partial charge in [-0.3, -0.25) is 0 Å². The molecule has 1 saturated heterocycles. The highest BCUT2D eigenvalue weighted by molar-refractivity contribution is 7.19. The SMILES string of the molecule is CC.NC1CCC(Oc2cccc3cnc(Nc4cnc(N5CCNCC5)s4)nc23)CC1. The number of anilines is 3. The third-order valence-corrected chi connectivity index (χ3v) is 6.68. The van der Waals surface area contributed by atoms with E-state index in [9.17, 15) is 0 Å². The molecule has 32 heavy (non-hydrogen) atoms. The Morgan fingerprint density at radius 3 is 2.66 bits per heavy atom. The Kier molecular flexibility index (Phi) is 7.72. The maximum absolute atomic E-state index is 6.31. The zero-order valence-corrected chi connectivity index (χ0v) is 19.7. The largest absolute Gasteiger partial charge is 0.488 e. The molecule has 1 saturated carbocycles. The van der Waals surface area contributed by atoms with E-state index in [1.165, 1.54) is 0 Å². The number of nitrogens with two attached hydrogens (primary N) is 1. The zero-order valence-electron chi connectivity index (χ0n) is 18.9. The van der Waals surface area contributed by atoms with Crippen LogP contribution in [0.15, 0.2) is 30.6 Å². The molecule has 0 amide bonds. The lowest BCUT2D eigenvalue weighted by Gasteiger charge is -2.27. The highest BCUT2D eigenvalue weighted by atomic mass is 32.1. The molecule has 1 aliphatic carbocycles. The van der Waals surface area contributed by atoms with E-state index in [0.29, 0.717) is 12.0 Å². The van der Waals surface area contributed by atoms with Crippen molar-refractivity contribution in [1.29, 1.82) is 0 Å². The smallest absolute Gasteiger partial charge is 0.228 e. The van der Waals surface area contributed by atoms with Gasteiger partial charge < -0.3 is 26.0 Å². The Morgan fingerprint density at radius 1 is 1.09 bits per heavy atom. The average molecular weight is 456 g/mol. The first-order valence-electron chi connectivity index (χ1n) is 11.6. The van der Waals surface area contributed by atoms with Crippen molar-refractivity contribution in [2.75, 3.05) is 36.4 Å². The summed E-state index contributed by atoms with van der Waals surface area (Å²) in [5.41, 5.74) is 6.86. The van der Waals surface area contributed by atoms with E-state index in [1.807, 2.05) is 44.4 Å². The molecule has 2 fully saturated rings. The fraction of sp³-hybridized carbons (Fsp3) is 0.522. The van der Waals surface area contributed by atoms with Gasteiger partial charge in [0.2, 0.25) is 5.95 Å². The minimum atomic E-state index is 0.199. The van der Waals surface area contributed by atoms with Gasteiger partial charge in [0.25, 0.3) is 0 Å². The number of nitrogens with one attached hydrogen (secondary N) is 2. The molecule has 0 atom stereocenters. The molecule has 3 heterocycles. The Morgan fingerprint density at radius 2 is 1.88 bits per heavy atom. The Hall–Kier alpha value is -2.49. The van der Waals surface area contributed by atoms with Crippen molar-refractivity contribution in [3.05, 3.63) is 30.6 Å². The van der Waals surface area contributed by atoms with Gasteiger partial charge in [-0.25, -0.2) is 15.0 Å². The molecule has 2 aromatic heterocycles. The summed E-state index contributed by atoms with van der Waals surface area (Å²) in [4.78, 5) is 16.1. The molecular formula is C23H33N7OS. The number of rotatable bonds is 5. The molecule has 1 aromatic carbocycles. The van der Waals surface area contributed by atoms with Gasteiger partial charge in [0.15, 0.2) is 5.13 Å². The Bertz CT molecular complexity index is 997. The molecule has 0 bridgehead atoms. The lowest BCUT2D eigenvalue weighted by Crippen LogP contribution is -2.43. The lowest BCUT2D eigenvalue weighted by atomic mass is 9.94. The number of thiazole rings is 1. The molecule has 5 rings (SSSR count). The number of ether oxygens (including phenoxy) is 1. The quantitative estimate of drug-likeness (QED) is 0.532. The predicted octanol–water partition coefficient (Wildman–Crippen LogP) is 3.91. The minimum Gasteiger partial charge on any atom is -0.488 e. The molecule has 172 valence electrons. The van der Waals surface area contributed by atoms with Crippen molar-refractivity contribution in [3.63, 3.8) is 0 Å². The molecule has 3 aromatic rings. The summed E-state index contributed by atoms with van der Waals surface area (Å²) in [5, 5.41) is 9.61. The van der Waals surface area contributed by atoms with E-state index in [1.54, 1.807) is 11.3 Å². The summed E-state index contributed by atoms with van der Waals surface area (Å²) in [7, 11) is 0. The topological polar surface area (TPSA) is 101 Å². The summed E-state index contributed by atoms with van der Waals surface area (Å²) < 4.78 is 6.31. The highest BCUT2D eigenvalue weighted by Crippen LogP contribution is 2.31. The standard InChI is InChI=1S/C21H27N7OS.C2H6/c22-15-4-6-16(7-5-15)29-17-3-1-2-14-12-24-20(27-19(14)17)26-18-13-25-21(30-18)28-10-8-23-9-11-28;1-2/h1-3,12-13,15-16,23H,4-11,22H2,(H,24,26,27);1-2H3. The van der Waals surface area contributed by atoms with E-state index in [2.05, 4.69) is 25.5 Å². The average Bonchev–Trinajstić information content (AvgIpc) is 3.31. The van der Waals surface area contributed by atoms with Gasteiger partial charge in [0, 0.05) is 43.8 Å². The van der Waals surface area contributed by atoms with Gasteiger partial charge in [0.1, 0.15) is 16.3 Å². The highest BCUT2D eigenvalue weighted by Gasteiger charge is 2.21. The summed E-state index contributed by atoms with van der Waals surface area (Å²) in [6, 6.07) is 6.30. The van der Waals surface area contributed by atoms with Gasteiger partial charge in [-0.15, -0.1) is 0 Å². The van der Waals surface area contributed by atoms with Crippen molar-refractivity contribution in [3.8, 4) is 5.75 Å². The number of fused-ring (bicyclic) bond motifs is 1. The first-order chi connectivity index (χ1) is 15.7. The minimum absolute atomic E-state index is 0.199. The third-order valence-electron chi connectivity index (χ3n) is 5.70. The van der Waals surface area contributed by atoms with Crippen LogP contribution in [0.25, 0.3) is 10.9 Å². The van der Waals surface area contributed by atoms with Crippen LogP contribution in [0.2, 0.25) is 0 Å². The molecule has 8 nitrogen and oxygen atoms in total. The van der Waals surface area contributed by atoms with E-state index in [4.69, 9.17) is 15.5 Å². The zero-order chi connectivity index (χ0) is 22.3. The molecular weight excluding hydrogens is 422 g/mol. The van der Waals surface area contributed by atoms with Gasteiger partial charge in [-0.1, -0.05) is 37.3 Å². The van der Waals surface area contributed by atoms with Crippen molar-refractivity contribution in [1.82, 2.24) is 20.3 Å². The van der Waals surface area contributed by atoms with E-state index in [-0.39, 0.29) is 6.10 Å². The summed E-state index contributed by atoms with van der Waals surface area (Å²) in [5.74, 6) is 1.36. The molecule has 0 spiro atoms. The third kappa shape index (κ3) is 5.46. The van der Waals surface area contributed by atoms with Crippen LogP contribution >= 0.6 is 11.3 Å². The number of hydrogen-bond donors (Lipinski definition) is 3. The van der Waals surface area contributed by atoms with Crippen LogP contribution in [0.5, 0.6) is 5.75 Å². The molecule has 0 radical (unpaired) electrons. The van der Waals surface area contributed by atoms with Crippen LogP contribution < -0.4 is 26.0 Å². The maximum atomic E-state index is 6.31. The van der Waals surface area contributed by atoms with Gasteiger partial charge in [-0.05, 0) is 31.7 Å². The number of para-hydroxylation sites is 1. The number of nitrogens with zero attached hydrogens (tertiary/aromatic N) is 4. The van der Waals surface area contributed by atoms with Crippen LogP contribution in [-0.4, -0.2) is 53.3 Å². The molecule has 4 N–H and O–H groups in total.